The summed E-state index contributed by atoms with van der Waals surface area (Å²) in [6.07, 6.45) is 1.42. The molecular weight excluding hydrogens is 366 g/mol. The topological polar surface area (TPSA) is 64.8 Å². The predicted molar refractivity (Wildman–Crippen MR) is 86.9 cm³/mol. The summed E-state index contributed by atoms with van der Waals surface area (Å²) >= 11 is 3.35. The van der Waals surface area contributed by atoms with E-state index >= 15 is 0 Å². The molecule has 0 saturated heterocycles. The van der Waals surface area contributed by atoms with Gasteiger partial charge in [0.2, 0.25) is 0 Å². The molecule has 5 nitrogen and oxygen atoms in total. The SMILES string of the molecule is Cc1ccc(S(=O)(=O)n2cc(-c3ccc(Br)cc3)nn2)cc1. The molecule has 0 atom stereocenters. The second kappa shape index (κ2) is 5.66. The average molecular weight is 378 g/mol. The molecule has 7 heteroatoms. The van der Waals surface area contributed by atoms with Crippen LogP contribution < -0.4 is 0 Å². The number of hydrogen-bond donors (Lipinski definition) is 0. The number of hydrogen-bond acceptors (Lipinski definition) is 4. The van der Waals surface area contributed by atoms with Gasteiger partial charge in [0.15, 0.2) is 0 Å². The largest absolute Gasteiger partial charge is 0.284 e. The van der Waals surface area contributed by atoms with Crippen LogP contribution in [0.2, 0.25) is 0 Å². The van der Waals surface area contributed by atoms with Crippen molar-refractivity contribution in [1.82, 2.24) is 14.4 Å². The molecule has 1 aromatic heterocycles. The third kappa shape index (κ3) is 2.82. The van der Waals surface area contributed by atoms with Crippen molar-refractivity contribution in [2.45, 2.75) is 11.8 Å². The minimum absolute atomic E-state index is 0.186. The Morgan fingerprint density at radius 3 is 2.27 bits per heavy atom. The van der Waals surface area contributed by atoms with E-state index < -0.39 is 10.0 Å². The first-order valence-electron chi connectivity index (χ1n) is 6.47. The van der Waals surface area contributed by atoms with Gasteiger partial charge < -0.3 is 0 Å². The van der Waals surface area contributed by atoms with Crippen molar-refractivity contribution in [2.75, 3.05) is 0 Å². The lowest BCUT2D eigenvalue weighted by Gasteiger charge is -2.03. The van der Waals surface area contributed by atoms with Crippen LogP contribution >= 0.6 is 15.9 Å². The highest BCUT2D eigenvalue weighted by molar-refractivity contribution is 9.10. The van der Waals surface area contributed by atoms with Crippen LogP contribution in [0.5, 0.6) is 0 Å². The smallest absolute Gasteiger partial charge is 0.199 e. The van der Waals surface area contributed by atoms with Gasteiger partial charge in [0.1, 0.15) is 5.69 Å². The molecule has 0 saturated carbocycles. The first-order chi connectivity index (χ1) is 10.5. The van der Waals surface area contributed by atoms with Gasteiger partial charge in [0, 0.05) is 10.0 Å². The highest BCUT2D eigenvalue weighted by Crippen LogP contribution is 2.21. The van der Waals surface area contributed by atoms with Crippen molar-refractivity contribution in [3.05, 3.63) is 64.8 Å². The van der Waals surface area contributed by atoms with Crippen LogP contribution in [0.25, 0.3) is 11.3 Å². The monoisotopic (exact) mass is 377 g/mol. The molecule has 0 aliphatic carbocycles. The van der Waals surface area contributed by atoms with Gasteiger partial charge in [0.25, 0.3) is 10.0 Å². The summed E-state index contributed by atoms with van der Waals surface area (Å²) < 4.78 is 26.8. The van der Waals surface area contributed by atoms with Gasteiger partial charge >= 0.3 is 0 Å². The lowest BCUT2D eigenvalue weighted by molar-refractivity contribution is 0.577. The van der Waals surface area contributed by atoms with Crippen LogP contribution in [0, 0.1) is 6.92 Å². The van der Waals surface area contributed by atoms with Crippen molar-refractivity contribution in [1.29, 1.82) is 0 Å². The van der Waals surface area contributed by atoms with E-state index in [1.165, 1.54) is 6.20 Å². The van der Waals surface area contributed by atoms with E-state index in [0.29, 0.717) is 5.69 Å². The molecule has 3 aromatic rings. The number of aromatic nitrogens is 3. The Morgan fingerprint density at radius 1 is 1.00 bits per heavy atom. The van der Waals surface area contributed by atoms with E-state index in [2.05, 4.69) is 26.2 Å². The zero-order valence-electron chi connectivity index (χ0n) is 11.6. The van der Waals surface area contributed by atoms with Gasteiger partial charge in [-0.15, -0.1) is 9.19 Å². The third-order valence-electron chi connectivity index (χ3n) is 3.18. The third-order valence-corrected chi connectivity index (χ3v) is 5.25. The Balaban J connectivity index is 1.99. The molecular formula is C15H12BrN3O2S. The summed E-state index contributed by atoms with van der Waals surface area (Å²) in [5, 5.41) is 7.70. The summed E-state index contributed by atoms with van der Waals surface area (Å²) in [5.41, 5.74) is 2.30. The Morgan fingerprint density at radius 2 is 1.64 bits per heavy atom. The normalized spacial score (nSPS) is 11.5. The summed E-state index contributed by atoms with van der Waals surface area (Å²) in [7, 11) is -3.72. The van der Waals surface area contributed by atoms with Gasteiger partial charge in [-0.3, -0.25) is 0 Å². The summed E-state index contributed by atoms with van der Waals surface area (Å²) in [6.45, 7) is 1.90. The molecule has 3 rings (SSSR count). The molecule has 22 heavy (non-hydrogen) atoms. The summed E-state index contributed by atoms with van der Waals surface area (Å²) in [5.74, 6) is 0. The maximum Gasteiger partial charge on any atom is 0.284 e. The number of nitrogens with zero attached hydrogens (tertiary/aromatic N) is 3. The van der Waals surface area contributed by atoms with Gasteiger partial charge in [-0.25, -0.2) is 0 Å². The molecule has 0 bridgehead atoms. The average Bonchev–Trinajstić information content (AvgIpc) is 2.99. The number of rotatable bonds is 3. The zero-order valence-corrected chi connectivity index (χ0v) is 14.0. The summed E-state index contributed by atoms with van der Waals surface area (Å²) in [6, 6.07) is 14.0. The van der Waals surface area contributed by atoms with Crippen LogP contribution in [-0.2, 0) is 10.0 Å². The van der Waals surface area contributed by atoms with Crippen LogP contribution in [-0.4, -0.2) is 22.8 Å². The molecule has 112 valence electrons. The molecule has 0 unspecified atom stereocenters. The van der Waals surface area contributed by atoms with Gasteiger partial charge in [-0.2, -0.15) is 8.42 Å². The van der Waals surface area contributed by atoms with Gasteiger partial charge in [0.05, 0.1) is 11.1 Å². The molecule has 0 fully saturated rings. The van der Waals surface area contributed by atoms with Crippen LogP contribution in [0.1, 0.15) is 5.56 Å². The van der Waals surface area contributed by atoms with Crippen molar-refractivity contribution in [3.63, 3.8) is 0 Å². The fourth-order valence-electron chi connectivity index (χ4n) is 1.94. The minimum Gasteiger partial charge on any atom is -0.199 e. The van der Waals surface area contributed by atoms with Crippen molar-refractivity contribution >= 4 is 26.0 Å². The first-order valence-corrected chi connectivity index (χ1v) is 8.71. The molecule has 0 amide bonds. The highest BCUT2D eigenvalue weighted by Gasteiger charge is 2.19. The Labute approximate surface area is 136 Å². The lowest BCUT2D eigenvalue weighted by Crippen LogP contribution is -2.13. The van der Waals surface area contributed by atoms with Crippen LogP contribution in [0.4, 0.5) is 0 Å². The van der Waals surface area contributed by atoms with E-state index in [1.807, 2.05) is 31.2 Å². The van der Waals surface area contributed by atoms with Crippen molar-refractivity contribution in [3.8, 4) is 11.3 Å². The van der Waals surface area contributed by atoms with E-state index in [1.54, 1.807) is 24.3 Å². The number of benzene rings is 2. The Hall–Kier alpha value is -1.99. The quantitative estimate of drug-likeness (QED) is 0.702. The molecule has 0 N–H and O–H groups in total. The van der Waals surface area contributed by atoms with Crippen molar-refractivity contribution < 1.29 is 8.42 Å². The molecule has 0 spiro atoms. The lowest BCUT2D eigenvalue weighted by atomic mass is 10.2. The van der Waals surface area contributed by atoms with Gasteiger partial charge in [-0.1, -0.05) is 51.0 Å². The van der Waals surface area contributed by atoms with Crippen molar-refractivity contribution in [2.24, 2.45) is 0 Å². The second-order valence-corrected chi connectivity index (χ2v) is 7.51. The number of aryl methyl sites for hydroxylation is 1. The number of halogens is 1. The maximum absolute atomic E-state index is 12.5. The van der Waals surface area contributed by atoms with E-state index in [0.717, 1.165) is 19.7 Å². The fourth-order valence-corrected chi connectivity index (χ4v) is 3.27. The predicted octanol–water partition coefficient (Wildman–Crippen LogP) is 3.25. The molecule has 0 radical (unpaired) electrons. The van der Waals surface area contributed by atoms with E-state index in [-0.39, 0.29) is 4.90 Å². The molecule has 1 heterocycles. The fraction of sp³-hybridized carbons (Fsp3) is 0.0667. The standard InChI is InChI=1S/C15H12BrN3O2S/c1-11-2-8-14(9-3-11)22(20,21)19-10-15(17-18-19)12-4-6-13(16)7-5-12/h2-10H,1H3. The minimum atomic E-state index is -3.72. The van der Waals surface area contributed by atoms with Crippen LogP contribution in [0.3, 0.4) is 0 Å². The van der Waals surface area contributed by atoms with Gasteiger partial charge in [-0.05, 0) is 31.2 Å². The second-order valence-electron chi connectivity index (χ2n) is 4.80. The summed E-state index contributed by atoms with van der Waals surface area (Å²) in [4.78, 5) is 0.186. The van der Waals surface area contributed by atoms with E-state index in [4.69, 9.17) is 0 Å². The highest BCUT2D eigenvalue weighted by atomic mass is 79.9. The zero-order chi connectivity index (χ0) is 15.7. The Kier molecular flexibility index (Phi) is 3.84. The molecule has 0 aliphatic rings. The molecule has 0 aliphatic heterocycles. The maximum atomic E-state index is 12.5. The Bertz CT molecular complexity index is 901. The molecule has 2 aromatic carbocycles. The first kappa shape index (κ1) is 14.9. The van der Waals surface area contributed by atoms with E-state index in [9.17, 15) is 8.42 Å². The van der Waals surface area contributed by atoms with Crippen LogP contribution in [0.15, 0.2) is 64.1 Å².